The van der Waals surface area contributed by atoms with Gasteiger partial charge in [0.2, 0.25) is 5.91 Å². The molecule has 1 N–H and O–H groups in total. The van der Waals surface area contributed by atoms with Crippen molar-refractivity contribution in [1.29, 1.82) is 0 Å². The first-order valence-electron chi connectivity index (χ1n) is 8.88. The molecule has 7 nitrogen and oxygen atoms in total. The molecule has 8 heteroatoms. The van der Waals surface area contributed by atoms with Crippen molar-refractivity contribution in [1.82, 2.24) is 10.2 Å². The molecule has 1 aliphatic rings. The molecule has 0 bridgehead atoms. The number of nitrogens with one attached hydrogen (secondary N) is 1. The van der Waals surface area contributed by atoms with Crippen molar-refractivity contribution in [3.8, 4) is 0 Å². The minimum Gasteiger partial charge on any atom is -0.343 e. The number of nitrogens with zero attached hydrogens (tertiary/aromatic N) is 2. The van der Waals surface area contributed by atoms with E-state index in [2.05, 4.69) is 5.32 Å². The van der Waals surface area contributed by atoms with E-state index in [9.17, 15) is 19.7 Å². The molecule has 0 spiro atoms. The molecule has 1 fully saturated rings. The van der Waals surface area contributed by atoms with Gasteiger partial charge in [-0.1, -0.05) is 49.8 Å². The van der Waals surface area contributed by atoms with E-state index in [1.54, 1.807) is 11.9 Å². The lowest BCUT2D eigenvalue weighted by Gasteiger charge is -2.30. The van der Waals surface area contributed by atoms with Crippen LogP contribution in [0.5, 0.6) is 0 Å². The number of carbonyl (C=O) groups is 2. The topological polar surface area (TPSA) is 92.6 Å². The molecule has 1 aliphatic carbocycles. The molecular weight excluding hydrogens is 358 g/mol. The molecule has 0 radical (unpaired) electrons. The fourth-order valence-corrected chi connectivity index (χ4v) is 3.54. The van der Waals surface area contributed by atoms with Gasteiger partial charge in [0.25, 0.3) is 11.6 Å². The van der Waals surface area contributed by atoms with Gasteiger partial charge in [-0.25, -0.2) is 0 Å². The second kappa shape index (κ2) is 9.52. The van der Waals surface area contributed by atoms with Crippen molar-refractivity contribution >= 4 is 29.1 Å². The monoisotopic (exact) mass is 381 g/mol. The lowest BCUT2D eigenvalue weighted by atomic mass is 9.96. The van der Waals surface area contributed by atoms with Gasteiger partial charge < -0.3 is 10.2 Å². The maximum atomic E-state index is 12.4. The van der Waals surface area contributed by atoms with Crippen molar-refractivity contribution < 1.29 is 14.5 Å². The molecule has 1 saturated carbocycles. The van der Waals surface area contributed by atoms with Gasteiger partial charge in [-0.3, -0.25) is 19.7 Å². The molecule has 0 saturated heterocycles. The van der Waals surface area contributed by atoms with Crippen LogP contribution >= 0.6 is 11.6 Å². The van der Waals surface area contributed by atoms with Gasteiger partial charge in [-0.15, -0.1) is 0 Å². The molecule has 1 aromatic rings. The molecule has 0 heterocycles. The van der Waals surface area contributed by atoms with E-state index in [0.717, 1.165) is 25.7 Å². The van der Waals surface area contributed by atoms with Crippen LogP contribution < -0.4 is 5.32 Å². The zero-order chi connectivity index (χ0) is 19.1. The summed E-state index contributed by atoms with van der Waals surface area (Å²) in [5, 5.41) is 13.5. The third-order valence-electron chi connectivity index (χ3n) is 4.83. The Labute approximate surface area is 157 Å². The second-order valence-corrected chi connectivity index (χ2v) is 6.98. The summed E-state index contributed by atoms with van der Waals surface area (Å²) in [6, 6.07) is 4.20. The molecule has 0 unspecified atom stereocenters. The van der Waals surface area contributed by atoms with Crippen LogP contribution in [0, 0.1) is 10.1 Å². The Hall–Kier alpha value is -2.15. The fourth-order valence-electron chi connectivity index (χ4n) is 3.28. The number of benzene rings is 1. The number of amides is 2. The first kappa shape index (κ1) is 20.2. The maximum Gasteiger partial charge on any atom is 0.283 e. The summed E-state index contributed by atoms with van der Waals surface area (Å²) in [7, 11) is 1.75. The van der Waals surface area contributed by atoms with Gasteiger partial charge >= 0.3 is 0 Å². The second-order valence-electron chi connectivity index (χ2n) is 6.58. The van der Waals surface area contributed by atoms with Crippen molar-refractivity contribution in [3.63, 3.8) is 0 Å². The van der Waals surface area contributed by atoms with Crippen LogP contribution in [-0.4, -0.2) is 41.3 Å². The summed E-state index contributed by atoms with van der Waals surface area (Å²) in [6.07, 6.45) is 7.74. The van der Waals surface area contributed by atoms with Crippen molar-refractivity contribution in [2.24, 2.45) is 0 Å². The number of likely N-dealkylation sites (N-methyl/N-ethyl adjacent to an activating group) is 1. The van der Waals surface area contributed by atoms with Crippen LogP contribution in [0.4, 0.5) is 5.69 Å². The van der Waals surface area contributed by atoms with E-state index < -0.39 is 10.8 Å². The Morgan fingerprint density at radius 2 is 1.85 bits per heavy atom. The largest absolute Gasteiger partial charge is 0.343 e. The number of rotatable bonds is 5. The standard InChI is InChI=1S/C18H24ClN3O4/c1-21(13-8-5-3-2-4-6-9-13)16(23)12-20-18(24)17-14(19)10-7-11-15(17)22(25)26/h7,10-11,13H,2-6,8-9,12H2,1H3,(H,20,24). The molecule has 1 aromatic carbocycles. The molecule has 0 atom stereocenters. The van der Waals surface area contributed by atoms with Crippen molar-refractivity contribution in [3.05, 3.63) is 38.9 Å². The lowest BCUT2D eigenvalue weighted by molar-refractivity contribution is -0.385. The zero-order valence-corrected chi connectivity index (χ0v) is 15.6. The van der Waals surface area contributed by atoms with E-state index >= 15 is 0 Å². The summed E-state index contributed by atoms with van der Waals surface area (Å²) in [6.45, 7) is -0.214. The highest BCUT2D eigenvalue weighted by atomic mass is 35.5. The first-order chi connectivity index (χ1) is 12.4. The summed E-state index contributed by atoms with van der Waals surface area (Å²) in [5.41, 5.74) is -0.601. The lowest BCUT2D eigenvalue weighted by Crippen LogP contribution is -2.43. The first-order valence-corrected chi connectivity index (χ1v) is 9.26. The SMILES string of the molecule is CN(C(=O)CNC(=O)c1c(Cl)cccc1[N+](=O)[O-])C1CCCCCCC1. The Kier molecular flexibility index (Phi) is 7.38. The minimum absolute atomic E-state index is 0.0162. The number of hydrogen-bond donors (Lipinski definition) is 1. The van der Waals surface area contributed by atoms with Crippen LogP contribution in [-0.2, 0) is 4.79 Å². The van der Waals surface area contributed by atoms with Crippen LogP contribution in [0.15, 0.2) is 18.2 Å². The predicted octanol–water partition coefficient (Wildman–Crippen LogP) is 3.55. The third-order valence-corrected chi connectivity index (χ3v) is 5.15. The minimum atomic E-state index is -0.721. The van der Waals surface area contributed by atoms with Crippen LogP contribution in [0.2, 0.25) is 5.02 Å². The summed E-state index contributed by atoms with van der Waals surface area (Å²) in [4.78, 5) is 36.9. The van der Waals surface area contributed by atoms with Gasteiger partial charge in [-0.05, 0) is 18.9 Å². The number of carbonyl (C=O) groups excluding carboxylic acids is 2. The molecular formula is C18H24ClN3O4. The van der Waals surface area contributed by atoms with Crippen LogP contribution in [0.25, 0.3) is 0 Å². The predicted molar refractivity (Wildman–Crippen MR) is 99.3 cm³/mol. The van der Waals surface area contributed by atoms with Gasteiger partial charge in [0, 0.05) is 19.2 Å². The Balaban J connectivity index is 1.98. The molecule has 2 amide bonds. The average Bonchev–Trinajstić information content (AvgIpc) is 2.58. The van der Waals surface area contributed by atoms with E-state index in [1.807, 2.05) is 0 Å². The van der Waals surface area contributed by atoms with Gasteiger partial charge in [-0.2, -0.15) is 0 Å². The normalized spacial score (nSPS) is 15.6. The highest BCUT2D eigenvalue weighted by Gasteiger charge is 2.25. The van der Waals surface area contributed by atoms with Crippen LogP contribution in [0.1, 0.15) is 55.3 Å². The smallest absolute Gasteiger partial charge is 0.283 e. The average molecular weight is 382 g/mol. The Morgan fingerprint density at radius 3 is 2.46 bits per heavy atom. The summed E-state index contributed by atoms with van der Waals surface area (Å²) in [5.74, 6) is -0.930. The number of halogens is 1. The van der Waals surface area contributed by atoms with E-state index in [-0.39, 0.29) is 34.8 Å². The van der Waals surface area contributed by atoms with Crippen molar-refractivity contribution in [2.75, 3.05) is 13.6 Å². The van der Waals surface area contributed by atoms with Gasteiger partial charge in [0.1, 0.15) is 5.56 Å². The summed E-state index contributed by atoms with van der Waals surface area (Å²) >= 11 is 5.94. The zero-order valence-electron chi connectivity index (χ0n) is 14.9. The molecule has 26 heavy (non-hydrogen) atoms. The van der Waals surface area contributed by atoms with E-state index in [4.69, 9.17) is 11.6 Å². The summed E-state index contributed by atoms with van der Waals surface area (Å²) < 4.78 is 0. The highest BCUT2D eigenvalue weighted by Crippen LogP contribution is 2.26. The maximum absolute atomic E-state index is 12.4. The van der Waals surface area contributed by atoms with E-state index in [0.29, 0.717) is 0 Å². The molecule has 2 rings (SSSR count). The van der Waals surface area contributed by atoms with E-state index in [1.165, 1.54) is 37.5 Å². The van der Waals surface area contributed by atoms with Crippen LogP contribution in [0.3, 0.4) is 0 Å². The molecule has 0 aliphatic heterocycles. The van der Waals surface area contributed by atoms with Gasteiger partial charge in [0.05, 0.1) is 16.5 Å². The number of hydrogen-bond acceptors (Lipinski definition) is 4. The molecule has 142 valence electrons. The van der Waals surface area contributed by atoms with Crippen molar-refractivity contribution in [2.45, 2.75) is 51.0 Å². The van der Waals surface area contributed by atoms with Gasteiger partial charge in [0.15, 0.2) is 0 Å². The number of nitro groups is 1. The fraction of sp³-hybridized carbons (Fsp3) is 0.556. The third kappa shape index (κ3) is 5.17. The quantitative estimate of drug-likeness (QED) is 0.623. The number of nitro benzene ring substituents is 1. The molecule has 0 aromatic heterocycles. The highest BCUT2D eigenvalue weighted by molar-refractivity contribution is 6.34. The Morgan fingerprint density at radius 1 is 1.23 bits per heavy atom. The Bertz CT molecular complexity index is 672.